The average Bonchev–Trinajstić information content (AvgIpc) is 3.31. The zero-order chi connectivity index (χ0) is 23.2. The quantitative estimate of drug-likeness (QED) is 0.297. The van der Waals surface area contributed by atoms with Crippen LogP contribution in [0.1, 0.15) is 38.7 Å². The Balaban J connectivity index is 1.63. The van der Waals surface area contributed by atoms with E-state index >= 15 is 0 Å². The number of rotatable bonds is 4. The van der Waals surface area contributed by atoms with Crippen LogP contribution in [0.3, 0.4) is 0 Å². The SMILES string of the molecule is Cc1ccc(-c2c([C@H]3c4ccccc4C(=O)N3Cc3ccccc3)c3ccccc3n2C)cc1. The molecule has 1 atom stereocenters. The van der Waals surface area contributed by atoms with Gasteiger partial charge in [0.1, 0.15) is 0 Å². The normalized spacial score (nSPS) is 15.2. The summed E-state index contributed by atoms with van der Waals surface area (Å²) in [6.45, 7) is 2.68. The van der Waals surface area contributed by atoms with E-state index in [0.717, 1.165) is 27.9 Å². The molecular weight excluding hydrogens is 416 g/mol. The van der Waals surface area contributed by atoms with Gasteiger partial charge in [-0.3, -0.25) is 4.79 Å². The van der Waals surface area contributed by atoms with E-state index < -0.39 is 0 Å². The van der Waals surface area contributed by atoms with Crippen molar-refractivity contribution in [1.29, 1.82) is 0 Å². The Hall–Kier alpha value is -4.11. The predicted molar refractivity (Wildman–Crippen MR) is 138 cm³/mol. The largest absolute Gasteiger partial charge is 0.343 e. The van der Waals surface area contributed by atoms with Gasteiger partial charge < -0.3 is 9.47 Å². The summed E-state index contributed by atoms with van der Waals surface area (Å²) >= 11 is 0. The maximum absolute atomic E-state index is 13.7. The lowest BCUT2D eigenvalue weighted by Crippen LogP contribution is -2.28. The molecule has 0 unspecified atom stereocenters. The summed E-state index contributed by atoms with van der Waals surface area (Å²) < 4.78 is 2.28. The highest BCUT2D eigenvalue weighted by Crippen LogP contribution is 2.46. The molecule has 1 aliphatic heterocycles. The van der Waals surface area contributed by atoms with Crippen LogP contribution in [0.25, 0.3) is 22.2 Å². The highest BCUT2D eigenvalue weighted by molar-refractivity contribution is 6.02. The van der Waals surface area contributed by atoms with E-state index in [4.69, 9.17) is 0 Å². The maximum atomic E-state index is 13.7. The van der Waals surface area contributed by atoms with Gasteiger partial charge in [0.05, 0.1) is 11.7 Å². The summed E-state index contributed by atoms with van der Waals surface area (Å²) in [5.74, 6) is 0.0900. The second kappa shape index (κ2) is 8.03. The van der Waals surface area contributed by atoms with Gasteiger partial charge in [-0.1, -0.05) is 96.6 Å². The van der Waals surface area contributed by atoms with Crippen LogP contribution in [0, 0.1) is 6.92 Å². The summed E-state index contributed by atoms with van der Waals surface area (Å²) in [5.41, 5.74) is 8.92. The molecular formula is C31H26N2O. The minimum atomic E-state index is -0.161. The Bertz CT molecular complexity index is 1510. The van der Waals surface area contributed by atoms with Crippen LogP contribution < -0.4 is 0 Å². The van der Waals surface area contributed by atoms with Crippen molar-refractivity contribution in [3.05, 3.63) is 131 Å². The Morgan fingerprint density at radius 2 is 1.44 bits per heavy atom. The highest BCUT2D eigenvalue weighted by Gasteiger charge is 2.40. The van der Waals surface area contributed by atoms with Crippen molar-refractivity contribution in [2.75, 3.05) is 0 Å². The minimum absolute atomic E-state index is 0.0900. The van der Waals surface area contributed by atoms with Gasteiger partial charge in [0.15, 0.2) is 0 Å². The van der Waals surface area contributed by atoms with E-state index in [0.29, 0.717) is 6.54 Å². The lowest BCUT2D eigenvalue weighted by atomic mass is 9.92. The van der Waals surface area contributed by atoms with Crippen molar-refractivity contribution < 1.29 is 4.79 Å². The number of amides is 1. The van der Waals surface area contributed by atoms with E-state index in [2.05, 4.69) is 85.3 Å². The van der Waals surface area contributed by atoms with Crippen LogP contribution >= 0.6 is 0 Å². The molecule has 0 bridgehead atoms. The Kier molecular flexibility index (Phi) is 4.84. The fourth-order valence-electron chi connectivity index (χ4n) is 5.38. The molecule has 5 aromatic rings. The van der Waals surface area contributed by atoms with E-state index in [9.17, 15) is 4.79 Å². The number of para-hydroxylation sites is 1. The Morgan fingerprint density at radius 1 is 0.765 bits per heavy atom. The van der Waals surface area contributed by atoms with Gasteiger partial charge in [-0.05, 0) is 35.7 Å². The van der Waals surface area contributed by atoms with Gasteiger partial charge in [-0.15, -0.1) is 0 Å². The highest BCUT2D eigenvalue weighted by atomic mass is 16.2. The molecule has 0 N–H and O–H groups in total. The number of hydrogen-bond donors (Lipinski definition) is 0. The van der Waals surface area contributed by atoms with Crippen molar-refractivity contribution >= 4 is 16.8 Å². The number of benzene rings is 4. The van der Waals surface area contributed by atoms with E-state index in [1.807, 2.05) is 41.3 Å². The first-order valence-corrected chi connectivity index (χ1v) is 11.7. The zero-order valence-corrected chi connectivity index (χ0v) is 19.4. The van der Waals surface area contributed by atoms with Crippen molar-refractivity contribution in [2.24, 2.45) is 7.05 Å². The van der Waals surface area contributed by atoms with Crippen molar-refractivity contribution in [2.45, 2.75) is 19.5 Å². The number of carbonyl (C=O) groups excluding carboxylic acids is 1. The summed E-state index contributed by atoms with van der Waals surface area (Å²) in [6.07, 6.45) is 0. The van der Waals surface area contributed by atoms with Gasteiger partial charge in [0.2, 0.25) is 0 Å². The molecule has 0 saturated carbocycles. The van der Waals surface area contributed by atoms with Crippen molar-refractivity contribution in [3.8, 4) is 11.3 Å². The fraction of sp³-hybridized carbons (Fsp3) is 0.129. The van der Waals surface area contributed by atoms with Crippen LogP contribution in [-0.2, 0) is 13.6 Å². The van der Waals surface area contributed by atoms with Crippen LogP contribution in [-0.4, -0.2) is 15.4 Å². The van der Waals surface area contributed by atoms with Crippen LogP contribution in [0.15, 0.2) is 103 Å². The molecule has 0 spiro atoms. The summed E-state index contributed by atoms with van der Waals surface area (Å²) in [6, 6.07) is 35.4. The lowest BCUT2D eigenvalue weighted by molar-refractivity contribution is 0.0737. The second-order valence-corrected chi connectivity index (χ2v) is 9.11. The summed E-state index contributed by atoms with van der Waals surface area (Å²) in [4.78, 5) is 15.8. The molecule has 1 aliphatic rings. The molecule has 2 heterocycles. The summed E-state index contributed by atoms with van der Waals surface area (Å²) in [7, 11) is 2.13. The maximum Gasteiger partial charge on any atom is 0.255 e. The molecule has 0 saturated heterocycles. The van der Waals surface area contributed by atoms with E-state index in [1.54, 1.807) is 0 Å². The molecule has 0 radical (unpaired) electrons. The lowest BCUT2D eigenvalue weighted by Gasteiger charge is -2.27. The Morgan fingerprint density at radius 3 is 2.24 bits per heavy atom. The third-order valence-electron chi connectivity index (χ3n) is 7.00. The number of fused-ring (bicyclic) bond motifs is 2. The zero-order valence-electron chi connectivity index (χ0n) is 19.4. The standard InChI is InChI=1S/C31H26N2O/c1-21-16-18-23(19-17-21)29-28(26-14-8-9-15-27(26)32(29)2)30-24-12-6-7-13-25(24)31(34)33(30)20-22-10-4-3-5-11-22/h3-19,30H,20H2,1-2H3/t30-/m1/s1. The number of hydrogen-bond acceptors (Lipinski definition) is 1. The number of nitrogens with zero attached hydrogens (tertiary/aromatic N) is 2. The molecule has 0 aliphatic carbocycles. The van der Waals surface area contributed by atoms with E-state index in [-0.39, 0.29) is 11.9 Å². The number of aryl methyl sites for hydroxylation is 2. The molecule has 1 amide bonds. The topological polar surface area (TPSA) is 25.2 Å². The Labute approximate surface area is 199 Å². The van der Waals surface area contributed by atoms with Crippen molar-refractivity contribution in [3.63, 3.8) is 0 Å². The van der Waals surface area contributed by atoms with Gasteiger partial charge in [-0.2, -0.15) is 0 Å². The minimum Gasteiger partial charge on any atom is -0.343 e. The molecule has 3 heteroatoms. The number of aromatic nitrogens is 1. The average molecular weight is 443 g/mol. The fourth-order valence-corrected chi connectivity index (χ4v) is 5.38. The predicted octanol–water partition coefficient (Wildman–Crippen LogP) is 6.90. The van der Waals surface area contributed by atoms with Gasteiger partial charge in [0, 0.05) is 35.6 Å². The second-order valence-electron chi connectivity index (χ2n) is 9.11. The van der Waals surface area contributed by atoms with Crippen molar-refractivity contribution in [1.82, 2.24) is 9.47 Å². The molecule has 0 fully saturated rings. The third-order valence-corrected chi connectivity index (χ3v) is 7.00. The molecule has 1 aromatic heterocycles. The molecule has 166 valence electrons. The van der Waals surface area contributed by atoms with Crippen LogP contribution in [0.2, 0.25) is 0 Å². The first-order valence-electron chi connectivity index (χ1n) is 11.7. The van der Waals surface area contributed by atoms with Gasteiger partial charge in [0.25, 0.3) is 5.91 Å². The molecule has 34 heavy (non-hydrogen) atoms. The number of carbonyl (C=O) groups is 1. The van der Waals surface area contributed by atoms with E-state index in [1.165, 1.54) is 22.0 Å². The van der Waals surface area contributed by atoms with Crippen LogP contribution in [0.4, 0.5) is 0 Å². The van der Waals surface area contributed by atoms with Crippen LogP contribution in [0.5, 0.6) is 0 Å². The smallest absolute Gasteiger partial charge is 0.255 e. The first kappa shape index (κ1) is 20.5. The summed E-state index contributed by atoms with van der Waals surface area (Å²) in [5, 5.41) is 1.19. The molecule has 3 nitrogen and oxygen atoms in total. The molecule has 6 rings (SSSR count). The monoisotopic (exact) mass is 442 g/mol. The molecule has 4 aromatic carbocycles. The third kappa shape index (κ3) is 3.16. The van der Waals surface area contributed by atoms with Gasteiger partial charge >= 0.3 is 0 Å². The van der Waals surface area contributed by atoms with Gasteiger partial charge in [-0.25, -0.2) is 0 Å². The first-order chi connectivity index (χ1) is 16.6.